The second-order valence-electron chi connectivity index (χ2n) is 7.50. The van der Waals surface area contributed by atoms with Crippen molar-refractivity contribution in [3.05, 3.63) is 82.3 Å². The van der Waals surface area contributed by atoms with Gasteiger partial charge < -0.3 is 9.84 Å². The third kappa shape index (κ3) is 4.45. The Morgan fingerprint density at radius 1 is 1.16 bits per heavy atom. The summed E-state index contributed by atoms with van der Waals surface area (Å²) in [5, 5.41) is 7.21. The quantitative estimate of drug-likeness (QED) is 0.322. The number of anilines is 1. The van der Waals surface area contributed by atoms with Crippen LogP contribution in [0.3, 0.4) is 0 Å². The lowest BCUT2D eigenvalue weighted by Crippen LogP contribution is -2.30. The van der Waals surface area contributed by atoms with Gasteiger partial charge in [-0.3, -0.25) is 14.2 Å². The van der Waals surface area contributed by atoms with E-state index in [9.17, 15) is 9.59 Å². The third-order valence-corrected chi connectivity index (χ3v) is 6.57. The molecule has 0 spiro atoms. The van der Waals surface area contributed by atoms with Crippen molar-refractivity contribution in [1.82, 2.24) is 14.7 Å². The van der Waals surface area contributed by atoms with Gasteiger partial charge in [-0.2, -0.15) is 0 Å². The Morgan fingerprint density at radius 3 is 2.56 bits per heavy atom. The fourth-order valence-corrected chi connectivity index (χ4v) is 4.61. The first-order valence-corrected chi connectivity index (χ1v) is 11.3. The van der Waals surface area contributed by atoms with Gasteiger partial charge in [0.15, 0.2) is 11.0 Å². The number of rotatable bonds is 7. The van der Waals surface area contributed by atoms with Gasteiger partial charge in [-0.1, -0.05) is 66.3 Å². The number of hydrogen-bond acceptors (Lipinski definition) is 6. The molecule has 0 saturated heterocycles. The molecule has 0 saturated carbocycles. The molecular weight excluding hydrogens is 424 g/mol. The molecule has 2 aromatic carbocycles. The van der Waals surface area contributed by atoms with E-state index in [0.29, 0.717) is 34.1 Å². The van der Waals surface area contributed by atoms with Crippen molar-refractivity contribution in [2.75, 3.05) is 5.32 Å². The average molecular weight is 449 g/mol. The Balaban J connectivity index is 1.74. The van der Waals surface area contributed by atoms with E-state index in [1.165, 1.54) is 11.8 Å². The Bertz CT molecular complexity index is 1300. The molecule has 164 valence electrons. The molecule has 2 atom stereocenters. The topological polar surface area (TPSA) is 90.0 Å². The fourth-order valence-electron chi connectivity index (χ4n) is 3.51. The highest BCUT2D eigenvalue weighted by molar-refractivity contribution is 8.00. The van der Waals surface area contributed by atoms with E-state index in [1.807, 2.05) is 62.4 Å². The van der Waals surface area contributed by atoms with Crippen molar-refractivity contribution in [2.45, 2.75) is 43.6 Å². The summed E-state index contributed by atoms with van der Waals surface area (Å²) >= 11 is 1.28. The Labute approximate surface area is 189 Å². The summed E-state index contributed by atoms with van der Waals surface area (Å²) in [6.45, 7) is 5.66. The van der Waals surface area contributed by atoms with Gasteiger partial charge in [0.05, 0.1) is 22.2 Å². The molecule has 7 nitrogen and oxygen atoms in total. The van der Waals surface area contributed by atoms with E-state index in [4.69, 9.17) is 9.51 Å². The van der Waals surface area contributed by atoms with Crippen LogP contribution in [0.5, 0.6) is 0 Å². The van der Waals surface area contributed by atoms with Crippen LogP contribution in [0.25, 0.3) is 10.9 Å². The van der Waals surface area contributed by atoms with Crippen molar-refractivity contribution in [2.24, 2.45) is 0 Å². The largest absolute Gasteiger partial charge is 0.360 e. The summed E-state index contributed by atoms with van der Waals surface area (Å²) in [6, 6.07) is 18.5. The molecule has 2 heterocycles. The number of amides is 1. The molecule has 0 aliphatic carbocycles. The molecule has 0 radical (unpaired) electrons. The zero-order chi connectivity index (χ0) is 22.7. The standard InChI is InChI=1S/C24H24N4O3S/c1-4-20(22(29)26-21-14-15(2)31-27-21)32-24-25-19-13-9-8-12-18(19)23(30)28(24)16(3)17-10-6-5-7-11-17/h5-14,16,20H,4H2,1-3H3,(H,26,27,29)/t16-,20+/m1/s1. The van der Waals surface area contributed by atoms with Crippen LogP contribution in [-0.2, 0) is 4.79 Å². The molecule has 0 unspecified atom stereocenters. The molecule has 1 amide bonds. The summed E-state index contributed by atoms with van der Waals surface area (Å²) in [7, 11) is 0. The number of fused-ring (bicyclic) bond motifs is 1. The molecule has 8 heteroatoms. The molecule has 4 rings (SSSR count). The van der Waals surface area contributed by atoms with Crippen molar-refractivity contribution in [3.8, 4) is 0 Å². The summed E-state index contributed by atoms with van der Waals surface area (Å²) < 4.78 is 6.71. The lowest BCUT2D eigenvalue weighted by molar-refractivity contribution is -0.115. The molecular formula is C24H24N4O3S. The highest BCUT2D eigenvalue weighted by Gasteiger charge is 2.25. The van der Waals surface area contributed by atoms with E-state index < -0.39 is 5.25 Å². The van der Waals surface area contributed by atoms with Crippen LogP contribution >= 0.6 is 11.8 Å². The Morgan fingerprint density at radius 2 is 1.88 bits per heavy atom. The van der Waals surface area contributed by atoms with Crippen molar-refractivity contribution in [1.29, 1.82) is 0 Å². The summed E-state index contributed by atoms with van der Waals surface area (Å²) in [6.07, 6.45) is 0.551. The lowest BCUT2D eigenvalue weighted by atomic mass is 10.1. The monoisotopic (exact) mass is 448 g/mol. The third-order valence-electron chi connectivity index (χ3n) is 5.23. The predicted octanol–water partition coefficient (Wildman–Crippen LogP) is 4.81. The molecule has 32 heavy (non-hydrogen) atoms. The van der Waals surface area contributed by atoms with Gasteiger partial charge in [-0.15, -0.1) is 0 Å². The maximum atomic E-state index is 13.5. The van der Waals surface area contributed by atoms with Crippen LogP contribution in [0.2, 0.25) is 0 Å². The highest BCUT2D eigenvalue weighted by Crippen LogP contribution is 2.29. The van der Waals surface area contributed by atoms with Gasteiger partial charge in [-0.05, 0) is 38.0 Å². The second-order valence-corrected chi connectivity index (χ2v) is 8.67. The lowest BCUT2D eigenvalue weighted by Gasteiger charge is -2.22. The summed E-state index contributed by atoms with van der Waals surface area (Å²) in [5.41, 5.74) is 1.47. The number of carbonyl (C=O) groups excluding carboxylic acids is 1. The fraction of sp³-hybridized carbons (Fsp3) is 0.250. The normalized spacial score (nSPS) is 13.1. The van der Waals surface area contributed by atoms with E-state index >= 15 is 0 Å². The number of carbonyl (C=O) groups is 1. The first-order valence-electron chi connectivity index (χ1n) is 10.4. The number of para-hydroxylation sites is 1. The van der Waals surface area contributed by atoms with Gasteiger partial charge in [0.1, 0.15) is 5.76 Å². The number of nitrogens with one attached hydrogen (secondary N) is 1. The minimum absolute atomic E-state index is 0.128. The van der Waals surface area contributed by atoms with E-state index in [-0.39, 0.29) is 17.5 Å². The van der Waals surface area contributed by atoms with Crippen LogP contribution in [0, 0.1) is 6.92 Å². The van der Waals surface area contributed by atoms with E-state index in [0.717, 1.165) is 5.56 Å². The van der Waals surface area contributed by atoms with Crippen molar-refractivity contribution >= 4 is 34.4 Å². The number of hydrogen-bond donors (Lipinski definition) is 1. The van der Waals surface area contributed by atoms with Gasteiger partial charge in [0.25, 0.3) is 5.56 Å². The number of aromatic nitrogens is 3. The smallest absolute Gasteiger partial charge is 0.262 e. The molecule has 0 aliphatic rings. The predicted molar refractivity (Wildman–Crippen MR) is 126 cm³/mol. The maximum absolute atomic E-state index is 13.5. The van der Waals surface area contributed by atoms with Crippen LogP contribution < -0.4 is 10.9 Å². The number of thioether (sulfide) groups is 1. The highest BCUT2D eigenvalue weighted by atomic mass is 32.2. The minimum atomic E-state index is -0.464. The molecule has 4 aromatic rings. The Kier molecular flexibility index (Phi) is 6.41. The number of nitrogens with zero attached hydrogens (tertiary/aromatic N) is 3. The number of benzene rings is 2. The first-order chi connectivity index (χ1) is 15.5. The van der Waals surface area contributed by atoms with Gasteiger partial charge in [0, 0.05) is 6.07 Å². The Hall–Kier alpha value is -3.39. The van der Waals surface area contributed by atoms with E-state index in [1.54, 1.807) is 23.6 Å². The summed E-state index contributed by atoms with van der Waals surface area (Å²) in [4.78, 5) is 31.2. The maximum Gasteiger partial charge on any atom is 0.262 e. The summed E-state index contributed by atoms with van der Waals surface area (Å²) in [5.74, 6) is 0.767. The molecule has 1 N–H and O–H groups in total. The minimum Gasteiger partial charge on any atom is -0.360 e. The molecule has 0 aliphatic heterocycles. The zero-order valence-corrected chi connectivity index (χ0v) is 18.9. The van der Waals surface area contributed by atoms with Crippen LogP contribution in [-0.4, -0.2) is 25.9 Å². The molecule has 2 aromatic heterocycles. The average Bonchev–Trinajstić information content (AvgIpc) is 3.22. The zero-order valence-electron chi connectivity index (χ0n) is 18.1. The van der Waals surface area contributed by atoms with Gasteiger partial charge in [0.2, 0.25) is 5.91 Å². The number of aryl methyl sites for hydroxylation is 1. The van der Waals surface area contributed by atoms with E-state index in [2.05, 4.69) is 10.5 Å². The molecule has 0 bridgehead atoms. The van der Waals surface area contributed by atoms with Gasteiger partial charge in [-0.25, -0.2) is 4.98 Å². The SMILES string of the molecule is CC[C@H](Sc1nc2ccccc2c(=O)n1[C@H](C)c1ccccc1)C(=O)Nc1cc(C)on1. The molecule has 0 fully saturated rings. The van der Waals surface area contributed by atoms with Crippen LogP contribution in [0.15, 0.2) is 75.1 Å². The van der Waals surface area contributed by atoms with Crippen molar-refractivity contribution in [3.63, 3.8) is 0 Å². The second kappa shape index (κ2) is 9.40. The first kappa shape index (κ1) is 21.8. The van der Waals surface area contributed by atoms with Crippen LogP contribution in [0.1, 0.15) is 37.6 Å². The van der Waals surface area contributed by atoms with Gasteiger partial charge >= 0.3 is 0 Å². The van der Waals surface area contributed by atoms with Crippen molar-refractivity contribution < 1.29 is 9.32 Å². The van der Waals surface area contributed by atoms with Crippen LogP contribution in [0.4, 0.5) is 5.82 Å².